The van der Waals surface area contributed by atoms with Crippen molar-refractivity contribution in [1.29, 1.82) is 0 Å². The minimum absolute atomic E-state index is 0.828. The van der Waals surface area contributed by atoms with E-state index in [-0.39, 0.29) is 0 Å². The van der Waals surface area contributed by atoms with Gasteiger partial charge < -0.3 is 10.1 Å². The molecule has 0 aliphatic heterocycles. The van der Waals surface area contributed by atoms with Crippen LogP contribution in [0.15, 0.2) is 24.3 Å². The molecule has 0 aromatic heterocycles. The molecule has 0 saturated heterocycles. The van der Waals surface area contributed by atoms with Gasteiger partial charge in [0.05, 0.1) is 6.61 Å². The molecule has 0 amide bonds. The molecule has 0 bridgehead atoms. The zero-order valence-electron chi connectivity index (χ0n) is 9.33. The summed E-state index contributed by atoms with van der Waals surface area (Å²) in [5, 5.41) is 3.15. The average molecular weight is 205 g/mol. The van der Waals surface area contributed by atoms with Crippen LogP contribution in [0.4, 0.5) is 0 Å². The Morgan fingerprint density at radius 3 is 2.60 bits per heavy atom. The third-order valence-electron chi connectivity index (χ3n) is 2.77. The number of likely N-dealkylation sites (N-methyl/N-ethyl adjacent to an activating group) is 1. The van der Waals surface area contributed by atoms with Gasteiger partial charge in [-0.3, -0.25) is 0 Å². The highest BCUT2D eigenvalue weighted by Gasteiger charge is 2.21. The maximum Gasteiger partial charge on any atom is 0.119 e. The van der Waals surface area contributed by atoms with Crippen molar-refractivity contribution in [3.8, 4) is 5.75 Å². The Kier molecular flexibility index (Phi) is 3.62. The lowest BCUT2D eigenvalue weighted by Crippen LogP contribution is -2.10. The smallest absolute Gasteiger partial charge is 0.119 e. The molecule has 82 valence electrons. The Bertz CT molecular complexity index is 290. The lowest BCUT2D eigenvalue weighted by molar-refractivity contribution is 0.299. The fourth-order valence-electron chi connectivity index (χ4n) is 1.52. The van der Waals surface area contributed by atoms with Crippen LogP contribution in [0.25, 0.3) is 0 Å². The molecule has 15 heavy (non-hydrogen) atoms. The maximum absolute atomic E-state index is 5.67. The Labute approximate surface area is 91.6 Å². The fourth-order valence-corrected chi connectivity index (χ4v) is 1.52. The van der Waals surface area contributed by atoms with E-state index in [1.165, 1.54) is 18.4 Å². The van der Waals surface area contributed by atoms with Crippen molar-refractivity contribution in [3.05, 3.63) is 29.8 Å². The van der Waals surface area contributed by atoms with Crippen LogP contribution >= 0.6 is 0 Å². The molecular weight excluding hydrogens is 186 g/mol. The molecule has 2 rings (SSSR count). The number of hydrogen-bond acceptors (Lipinski definition) is 2. The topological polar surface area (TPSA) is 21.3 Å². The highest BCUT2D eigenvalue weighted by Crippen LogP contribution is 2.29. The van der Waals surface area contributed by atoms with E-state index in [1.807, 2.05) is 7.05 Å². The average Bonchev–Trinajstić information content (AvgIpc) is 3.09. The predicted octanol–water partition coefficient (Wildman–Crippen LogP) is 2.24. The molecule has 1 aromatic carbocycles. The molecule has 0 atom stereocenters. The number of hydrogen-bond donors (Lipinski definition) is 1. The predicted molar refractivity (Wildman–Crippen MR) is 62.3 cm³/mol. The second kappa shape index (κ2) is 5.17. The van der Waals surface area contributed by atoms with E-state index in [0.717, 1.165) is 31.2 Å². The van der Waals surface area contributed by atoms with Gasteiger partial charge in [0.1, 0.15) is 5.75 Å². The third kappa shape index (κ3) is 3.56. The Morgan fingerprint density at radius 1 is 1.27 bits per heavy atom. The van der Waals surface area contributed by atoms with Gasteiger partial charge in [0.15, 0.2) is 0 Å². The van der Waals surface area contributed by atoms with Gasteiger partial charge >= 0.3 is 0 Å². The third-order valence-corrected chi connectivity index (χ3v) is 2.77. The molecule has 1 fully saturated rings. The van der Waals surface area contributed by atoms with Crippen LogP contribution in [0.5, 0.6) is 5.75 Å². The number of rotatable bonds is 6. The lowest BCUT2D eigenvalue weighted by atomic mass is 10.1. The Balaban J connectivity index is 1.79. The molecule has 2 nitrogen and oxygen atoms in total. The summed E-state index contributed by atoms with van der Waals surface area (Å²) < 4.78 is 5.67. The zero-order chi connectivity index (χ0) is 10.5. The number of benzene rings is 1. The van der Waals surface area contributed by atoms with Crippen molar-refractivity contribution in [2.24, 2.45) is 5.92 Å². The first-order valence-corrected chi connectivity index (χ1v) is 5.75. The van der Waals surface area contributed by atoms with Gasteiger partial charge in [-0.15, -0.1) is 0 Å². The SMILES string of the molecule is CNCCc1ccc(OCC2CC2)cc1. The van der Waals surface area contributed by atoms with E-state index in [0.29, 0.717) is 0 Å². The van der Waals surface area contributed by atoms with Crippen LogP contribution in [-0.4, -0.2) is 20.2 Å². The van der Waals surface area contributed by atoms with Gasteiger partial charge in [-0.05, 0) is 56.5 Å². The van der Waals surface area contributed by atoms with E-state index in [4.69, 9.17) is 4.74 Å². The highest BCUT2D eigenvalue weighted by molar-refractivity contribution is 5.27. The van der Waals surface area contributed by atoms with Gasteiger partial charge in [-0.2, -0.15) is 0 Å². The van der Waals surface area contributed by atoms with Crippen molar-refractivity contribution in [2.75, 3.05) is 20.2 Å². The summed E-state index contributed by atoms with van der Waals surface area (Å²) in [5.74, 6) is 1.84. The molecule has 2 heteroatoms. The summed E-state index contributed by atoms with van der Waals surface area (Å²) in [6, 6.07) is 8.46. The molecule has 1 aliphatic carbocycles. The van der Waals surface area contributed by atoms with Crippen molar-refractivity contribution in [2.45, 2.75) is 19.3 Å². The Hall–Kier alpha value is -1.02. The first-order chi connectivity index (χ1) is 7.38. The molecule has 0 spiro atoms. The molecular formula is C13H19NO. The summed E-state index contributed by atoms with van der Waals surface area (Å²) in [6.07, 6.45) is 3.78. The summed E-state index contributed by atoms with van der Waals surface area (Å²) in [5.41, 5.74) is 1.36. The summed E-state index contributed by atoms with van der Waals surface area (Å²) in [6.45, 7) is 1.93. The molecule has 1 aromatic rings. The van der Waals surface area contributed by atoms with Crippen molar-refractivity contribution < 1.29 is 4.74 Å². The van der Waals surface area contributed by atoms with E-state index < -0.39 is 0 Å². The van der Waals surface area contributed by atoms with Crippen LogP contribution in [0.1, 0.15) is 18.4 Å². The second-order valence-corrected chi connectivity index (χ2v) is 4.25. The van der Waals surface area contributed by atoms with Gasteiger partial charge in [-0.1, -0.05) is 12.1 Å². The van der Waals surface area contributed by atoms with E-state index in [9.17, 15) is 0 Å². The lowest BCUT2D eigenvalue weighted by Gasteiger charge is -2.06. The highest BCUT2D eigenvalue weighted by atomic mass is 16.5. The fraction of sp³-hybridized carbons (Fsp3) is 0.538. The van der Waals surface area contributed by atoms with Gasteiger partial charge in [0.2, 0.25) is 0 Å². The van der Waals surface area contributed by atoms with Crippen molar-refractivity contribution >= 4 is 0 Å². The van der Waals surface area contributed by atoms with Crippen LogP contribution < -0.4 is 10.1 Å². The molecule has 0 heterocycles. The quantitative estimate of drug-likeness (QED) is 0.769. The van der Waals surface area contributed by atoms with E-state index >= 15 is 0 Å². The molecule has 0 unspecified atom stereocenters. The summed E-state index contributed by atoms with van der Waals surface area (Å²) in [4.78, 5) is 0. The van der Waals surface area contributed by atoms with E-state index in [1.54, 1.807) is 0 Å². The number of nitrogens with one attached hydrogen (secondary N) is 1. The summed E-state index contributed by atoms with van der Waals surface area (Å²) in [7, 11) is 1.98. The summed E-state index contributed by atoms with van der Waals surface area (Å²) >= 11 is 0. The van der Waals surface area contributed by atoms with Crippen molar-refractivity contribution in [3.63, 3.8) is 0 Å². The molecule has 1 aliphatic rings. The minimum Gasteiger partial charge on any atom is -0.493 e. The first kappa shape index (κ1) is 10.5. The monoisotopic (exact) mass is 205 g/mol. The largest absolute Gasteiger partial charge is 0.493 e. The van der Waals surface area contributed by atoms with Gasteiger partial charge in [-0.25, -0.2) is 0 Å². The molecule has 1 saturated carbocycles. The van der Waals surface area contributed by atoms with Crippen LogP contribution in [0.2, 0.25) is 0 Å². The molecule has 1 N–H and O–H groups in total. The van der Waals surface area contributed by atoms with Gasteiger partial charge in [0.25, 0.3) is 0 Å². The van der Waals surface area contributed by atoms with Crippen LogP contribution in [0, 0.1) is 5.92 Å². The second-order valence-electron chi connectivity index (χ2n) is 4.25. The maximum atomic E-state index is 5.67. The normalized spacial score (nSPS) is 15.3. The van der Waals surface area contributed by atoms with Crippen LogP contribution in [-0.2, 0) is 6.42 Å². The standard InChI is InChI=1S/C13H19NO/c1-14-9-8-11-4-6-13(7-5-11)15-10-12-2-3-12/h4-7,12,14H,2-3,8-10H2,1H3. The van der Waals surface area contributed by atoms with Crippen LogP contribution in [0.3, 0.4) is 0 Å². The number of ether oxygens (including phenoxy) is 1. The first-order valence-electron chi connectivity index (χ1n) is 5.75. The Morgan fingerprint density at radius 2 is 2.00 bits per heavy atom. The minimum atomic E-state index is 0.828. The zero-order valence-corrected chi connectivity index (χ0v) is 9.33. The van der Waals surface area contributed by atoms with Gasteiger partial charge in [0, 0.05) is 0 Å². The molecule has 0 radical (unpaired) electrons. The van der Waals surface area contributed by atoms with E-state index in [2.05, 4.69) is 29.6 Å². The van der Waals surface area contributed by atoms with Crippen molar-refractivity contribution in [1.82, 2.24) is 5.32 Å².